The zero-order valence-corrected chi connectivity index (χ0v) is 11.3. The lowest BCUT2D eigenvalue weighted by Gasteiger charge is -2.09. The Morgan fingerprint density at radius 3 is 2.84 bits per heavy atom. The van der Waals surface area contributed by atoms with Crippen molar-refractivity contribution in [3.05, 3.63) is 38.5 Å². The lowest BCUT2D eigenvalue weighted by Crippen LogP contribution is -2.33. The third-order valence-electron chi connectivity index (χ3n) is 2.32. The number of thiazole rings is 1. The van der Waals surface area contributed by atoms with Gasteiger partial charge in [-0.05, 0) is 11.4 Å². The molecule has 100 valence electrons. The summed E-state index contributed by atoms with van der Waals surface area (Å²) in [6.07, 6.45) is 0. The number of carboxylic acids is 1. The zero-order chi connectivity index (χ0) is 13.8. The summed E-state index contributed by atoms with van der Waals surface area (Å²) in [5.41, 5.74) is 5.77. The molecule has 0 aliphatic rings. The molecule has 0 aliphatic carbocycles. The fraction of sp³-hybridized carbons (Fsp3) is 0.182. The zero-order valence-electron chi connectivity index (χ0n) is 9.70. The molecule has 8 heteroatoms. The summed E-state index contributed by atoms with van der Waals surface area (Å²) < 4.78 is 0. The number of hydrogen-bond acceptors (Lipinski definition) is 6. The number of amides is 1. The molecule has 2 aromatic rings. The maximum atomic E-state index is 11.8. The molecule has 0 saturated carbocycles. The molecule has 6 nitrogen and oxygen atoms in total. The predicted octanol–water partition coefficient (Wildman–Crippen LogP) is 1.22. The summed E-state index contributed by atoms with van der Waals surface area (Å²) in [7, 11) is 0. The van der Waals surface area contributed by atoms with E-state index in [1.165, 1.54) is 28.1 Å². The summed E-state index contributed by atoms with van der Waals surface area (Å²) in [5, 5.41) is 15.2. The normalized spacial score (nSPS) is 12.1. The van der Waals surface area contributed by atoms with Crippen molar-refractivity contribution in [2.75, 3.05) is 0 Å². The number of aromatic carboxylic acids is 1. The summed E-state index contributed by atoms with van der Waals surface area (Å²) in [5.74, 6) is -1.39. The van der Waals surface area contributed by atoms with Gasteiger partial charge in [-0.25, -0.2) is 9.78 Å². The number of carbonyl (C=O) groups is 2. The summed E-state index contributed by atoms with van der Waals surface area (Å²) in [6.45, 7) is 0.176. The highest BCUT2D eigenvalue weighted by atomic mass is 32.1. The number of rotatable bonds is 5. The first-order valence-electron chi connectivity index (χ1n) is 5.32. The standard InChI is InChI=1S/C11H11N3O3S2/c12-9(7-2-1-3-18-7)10(15)13-4-8-14-6(5-19-8)11(16)17/h1-3,5,9H,4,12H2,(H,13,15)(H,16,17). The summed E-state index contributed by atoms with van der Waals surface area (Å²) >= 11 is 2.60. The first-order valence-corrected chi connectivity index (χ1v) is 7.08. The second-order valence-corrected chi connectivity index (χ2v) is 5.56. The number of carbonyl (C=O) groups excluding carboxylic acids is 1. The number of nitrogens with two attached hydrogens (primary N) is 1. The molecule has 1 amide bonds. The van der Waals surface area contributed by atoms with E-state index in [0.29, 0.717) is 5.01 Å². The Hall–Kier alpha value is -1.77. The van der Waals surface area contributed by atoms with E-state index in [2.05, 4.69) is 10.3 Å². The molecular weight excluding hydrogens is 286 g/mol. The van der Waals surface area contributed by atoms with Gasteiger partial charge < -0.3 is 16.2 Å². The molecule has 0 saturated heterocycles. The number of aromatic nitrogens is 1. The second-order valence-electron chi connectivity index (χ2n) is 3.64. The van der Waals surface area contributed by atoms with E-state index in [1.807, 2.05) is 11.4 Å². The number of carboxylic acid groups (broad SMARTS) is 1. The molecule has 2 rings (SSSR count). The van der Waals surface area contributed by atoms with Crippen molar-refractivity contribution in [3.63, 3.8) is 0 Å². The lowest BCUT2D eigenvalue weighted by atomic mass is 10.2. The van der Waals surface area contributed by atoms with E-state index in [1.54, 1.807) is 6.07 Å². The molecular formula is C11H11N3O3S2. The Balaban J connectivity index is 1.91. The maximum Gasteiger partial charge on any atom is 0.355 e. The van der Waals surface area contributed by atoms with Crippen LogP contribution in [-0.4, -0.2) is 22.0 Å². The fourth-order valence-electron chi connectivity index (χ4n) is 1.36. The molecule has 1 unspecified atom stereocenters. The fourth-order valence-corrected chi connectivity index (χ4v) is 2.79. The third-order valence-corrected chi connectivity index (χ3v) is 4.12. The first-order chi connectivity index (χ1) is 9.08. The SMILES string of the molecule is NC(C(=O)NCc1nc(C(=O)O)cs1)c1cccs1. The molecule has 0 bridgehead atoms. The molecule has 0 aromatic carbocycles. The topological polar surface area (TPSA) is 105 Å². The van der Waals surface area contributed by atoms with Crippen molar-refractivity contribution in [2.45, 2.75) is 12.6 Å². The van der Waals surface area contributed by atoms with Crippen molar-refractivity contribution in [1.29, 1.82) is 0 Å². The van der Waals surface area contributed by atoms with Gasteiger partial charge in [0.2, 0.25) is 5.91 Å². The quantitative estimate of drug-likeness (QED) is 0.769. The van der Waals surface area contributed by atoms with E-state index in [9.17, 15) is 9.59 Å². The van der Waals surface area contributed by atoms with Crippen LogP contribution < -0.4 is 11.1 Å². The van der Waals surface area contributed by atoms with Crippen LogP contribution in [0.15, 0.2) is 22.9 Å². The van der Waals surface area contributed by atoms with E-state index >= 15 is 0 Å². The minimum Gasteiger partial charge on any atom is -0.476 e. The van der Waals surface area contributed by atoms with Gasteiger partial charge in [0.1, 0.15) is 11.0 Å². The van der Waals surface area contributed by atoms with E-state index in [0.717, 1.165) is 4.88 Å². The minimum atomic E-state index is -1.08. The van der Waals surface area contributed by atoms with Crippen molar-refractivity contribution in [3.8, 4) is 0 Å². The average Bonchev–Trinajstić information content (AvgIpc) is 3.05. The van der Waals surface area contributed by atoms with Gasteiger partial charge in [0.25, 0.3) is 0 Å². The number of hydrogen-bond donors (Lipinski definition) is 3. The van der Waals surface area contributed by atoms with Gasteiger partial charge in [0.15, 0.2) is 5.69 Å². The Morgan fingerprint density at radius 1 is 1.47 bits per heavy atom. The molecule has 0 fully saturated rings. The lowest BCUT2D eigenvalue weighted by molar-refractivity contribution is -0.122. The molecule has 2 aromatic heterocycles. The van der Waals surface area contributed by atoms with E-state index in [-0.39, 0.29) is 18.1 Å². The molecule has 4 N–H and O–H groups in total. The van der Waals surface area contributed by atoms with Gasteiger partial charge in [-0.1, -0.05) is 6.07 Å². The molecule has 19 heavy (non-hydrogen) atoms. The Bertz CT molecular complexity index is 580. The van der Waals surface area contributed by atoms with Crippen LogP contribution in [0.2, 0.25) is 0 Å². The van der Waals surface area contributed by atoms with E-state index in [4.69, 9.17) is 10.8 Å². The van der Waals surface area contributed by atoms with Gasteiger partial charge >= 0.3 is 5.97 Å². The molecule has 1 atom stereocenters. The molecule has 0 radical (unpaired) electrons. The minimum absolute atomic E-state index is 0.0168. The number of thiophene rings is 1. The number of nitrogens with one attached hydrogen (secondary N) is 1. The van der Waals surface area contributed by atoms with Crippen LogP contribution in [0.3, 0.4) is 0 Å². The van der Waals surface area contributed by atoms with Crippen LogP contribution in [0, 0.1) is 0 Å². The molecule has 0 spiro atoms. The van der Waals surface area contributed by atoms with Crippen LogP contribution in [0.5, 0.6) is 0 Å². The largest absolute Gasteiger partial charge is 0.476 e. The molecule has 2 heterocycles. The van der Waals surface area contributed by atoms with Gasteiger partial charge in [0, 0.05) is 10.3 Å². The first kappa shape index (κ1) is 13.7. The van der Waals surface area contributed by atoms with Crippen LogP contribution in [0.4, 0.5) is 0 Å². The van der Waals surface area contributed by atoms with E-state index < -0.39 is 12.0 Å². The monoisotopic (exact) mass is 297 g/mol. The highest BCUT2D eigenvalue weighted by molar-refractivity contribution is 7.10. The van der Waals surface area contributed by atoms with Crippen LogP contribution >= 0.6 is 22.7 Å². The van der Waals surface area contributed by atoms with Crippen molar-refractivity contribution < 1.29 is 14.7 Å². The predicted molar refractivity (Wildman–Crippen MR) is 72.2 cm³/mol. The van der Waals surface area contributed by atoms with Gasteiger partial charge in [0.05, 0.1) is 6.54 Å². The summed E-state index contributed by atoms with van der Waals surface area (Å²) in [6, 6.07) is 2.91. The Kier molecular flexibility index (Phi) is 4.25. The number of nitrogens with zero attached hydrogens (tertiary/aromatic N) is 1. The smallest absolute Gasteiger partial charge is 0.355 e. The van der Waals surface area contributed by atoms with Gasteiger partial charge in [-0.2, -0.15) is 0 Å². The third kappa shape index (κ3) is 3.37. The Morgan fingerprint density at radius 2 is 2.26 bits per heavy atom. The van der Waals surface area contributed by atoms with Crippen molar-refractivity contribution >= 4 is 34.6 Å². The highest BCUT2D eigenvalue weighted by Crippen LogP contribution is 2.17. The van der Waals surface area contributed by atoms with Crippen molar-refractivity contribution in [2.24, 2.45) is 5.73 Å². The van der Waals surface area contributed by atoms with Crippen molar-refractivity contribution in [1.82, 2.24) is 10.3 Å². The van der Waals surface area contributed by atoms with Crippen LogP contribution in [-0.2, 0) is 11.3 Å². The average molecular weight is 297 g/mol. The maximum absolute atomic E-state index is 11.8. The van der Waals surface area contributed by atoms with Crippen LogP contribution in [0.25, 0.3) is 0 Å². The Labute approximate surface area is 116 Å². The van der Waals surface area contributed by atoms with Gasteiger partial charge in [-0.3, -0.25) is 4.79 Å². The highest BCUT2D eigenvalue weighted by Gasteiger charge is 2.17. The van der Waals surface area contributed by atoms with Gasteiger partial charge in [-0.15, -0.1) is 22.7 Å². The summed E-state index contributed by atoms with van der Waals surface area (Å²) in [4.78, 5) is 27.1. The molecule has 0 aliphatic heterocycles. The second kappa shape index (κ2) is 5.91. The van der Waals surface area contributed by atoms with Crippen LogP contribution in [0.1, 0.15) is 26.4 Å².